The van der Waals surface area contributed by atoms with Gasteiger partial charge in [0.05, 0.1) is 5.39 Å². The molecule has 0 saturated carbocycles. The van der Waals surface area contributed by atoms with Gasteiger partial charge in [-0.3, -0.25) is 4.79 Å². The Hall–Kier alpha value is -2.77. The maximum Gasteiger partial charge on any atom is 0.265 e. The number of fused-ring (bicyclic) bond motifs is 1. The van der Waals surface area contributed by atoms with Gasteiger partial charge in [0.2, 0.25) is 0 Å². The number of aromatic amines is 1. The number of hydrogen-bond donors (Lipinski definition) is 2. The molecule has 1 aromatic carbocycles. The number of H-pyrrole nitrogens is 1. The predicted octanol–water partition coefficient (Wildman–Crippen LogP) is 2.55. The summed E-state index contributed by atoms with van der Waals surface area (Å²) in [6.45, 7) is 1.27. The fourth-order valence-electron chi connectivity index (χ4n) is 3.25. The minimum atomic E-state index is -0.955. The van der Waals surface area contributed by atoms with E-state index in [1.54, 1.807) is 18.5 Å². The lowest BCUT2D eigenvalue weighted by Gasteiger charge is -2.37. The topological polar surface area (TPSA) is 100 Å². The van der Waals surface area contributed by atoms with Gasteiger partial charge in [0.1, 0.15) is 23.3 Å². The van der Waals surface area contributed by atoms with Gasteiger partial charge in [0.25, 0.3) is 5.91 Å². The van der Waals surface area contributed by atoms with Gasteiger partial charge >= 0.3 is 0 Å². The third-order valence-corrected chi connectivity index (χ3v) is 5.17. The van der Waals surface area contributed by atoms with Gasteiger partial charge in [0.15, 0.2) is 0 Å². The molecule has 138 valence electrons. The van der Waals surface area contributed by atoms with E-state index in [4.69, 9.17) is 17.3 Å². The lowest BCUT2D eigenvalue weighted by atomic mass is 9.87. The van der Waals surface area contributed by atoms with Crippen molar-refractivity contribution in [2.24, 2.45) is 10.7 Å². The second kappa shape index (κ2) is 7.09. The Balaban J connectivity index is 1.45. The number of amides is 1. The van der Waals surface area contributed by atoms with Gasteiger partial charge in [-0.1, -0.05) is 23.7 Å². The van der Waals surface area contributed by atoms with Crippen LogP contribution in [0.1, 0.15) is 18.4 Å². The molecule has 1 saturated heterocycles. The molecule has 27 heavy (non-hydrogen) atoms. The van der Waals surface area contributed by atoms with E-state index < -0.39 is 5.54 Å². The number of aliphatic imine (C=N–C) groups is 1. The molecule has 3 N–H and O–H groups in total. The third kappa shape index (κ3) is 3.56. The average Bonchev–Trinajstić information content (AvgIpc) is 3.17. The van der Waals surface area contributed by atoms with Crippen LogP contribution in [0.2, 0.25) is 5.02 Å². The fourth-order valence-corrected chi connectivity index (χ4v) is 3.38. The number of nitrogens with two attached hydrogens (primary N) is 1. The van der Waals surface area contributed by atoms with Crippen molar-refractivity contribution in [2.75, 3.05) is 18.0 Å². The van der Waals surface area contributed by atoms with Crippen LogP contribution in [-0.4, -0.2) is 45.7 Å². The summed E-state index contributed by atoms with van der Waals surface area (Å²) in [6, 6.07) is 9.09. The Morgan fingerprint density at radius 2 is 1.96 bits per heavy atom. The Morgan fingerprint density at radius 3 is 2.70 bits per heavy atom. The molecular formula is C19H19ClN6O. The van der Waals surface area contributed by atoms with E-state index in [-0.39, 0.29) is 5.91 Å². The number of piperidine rings is 1. The van der Waals surface area contributed by atoms with Crippen molar-refractivity contribution in [2.45, 2.75) is 18.4 Å². The molecule has 3 aromatic rings. The molecule has 0 unspecified atom stereocenters. The molecular weight excluding hydrogens is 364 g/mol. The number of nitrogens with one attached hydrogen (secondary N) is 1. The molecule has 0 radical (unpaired) electrons. The van der Waals surface area contributed by atoms with E-state index in [2.05, 4.69) is 24.8 Å². The number of nitrogens with zero attached hydrogens (tertiary/aromatic N) is 4. The zero-order valence-electron chi connectivity index (χ0n) is 14.6. The highest BCUT2D eigenvalue weighted by molar-refractivity contribution is 6.30. The number of hydrogen-bond acceptors (Lipinski definition) is 5. The van der Waals surface area contributed by atoms with Gasteiger partial charge in [-0.25, -0.2) is 15.0 Å². The lowest BCUT2D eigenvalue weighted by molar-refractivity contribution is -0.123. The zero-order valence-corrected chi connectivity index (χ0v) is 15.4. The highest BCUT2D eigenvalue weighted by Crippen LogP contribution is 2.28. The molecule has 1 amide bonds. The van der Waals surface area contributed by atoms with Crippen LogP contribution in [0.25, 0.3) is 11.0 Å². The predicted molar refractivity (Wildman–Crippen MR) is 106 cm³/mol. The molecule has 0 bridgehead atoms. The Labute approximate surface area is 161 Å². The zero-order chi connectivity index (χ0) is 18.9. The van der Waals surface area contributed by atoms with Crippen LogP contribution in [0.4, 0.5) is 5.82 Å². The molecule has 1 aliphatic rings. The molecule has 1 aliphatic heterocycles. The normalized spacial score (nSPS) is 16.9. The Kier molecular flexibility index (Phi) is 4.63. The van der Waals surface area contributed by atoms with E-state index in [0.717, 1.165) is 22.4 Å². The molecule has 0 aliphatic carbocycles. The van der Waals surface area contributed by atoms with E-state index in [0.29, 0.717) is 31.0 Å². The molecule has 0 spiro atoms. The first-order valence-corrected chi connectivity index (χ1v) is 9.09. The second-order valence-corrected chi connectivity index (χ2v) is 7.13. The number of benzene rings is 1. The number of halogens is 1. The highest BCUT2D eigenvalue weighted by Gasteiger charge is 2.38. The van der Waals surface area contributed by atoms with E-state index in [1.165, 1.54) is 6.21 Å². The molecule has 1 fully saturated rings. The SMILES string of the molecule is NC1(C(=O)N=Cc2ccc(Cl)cc2)CCN(c2ncnc3[nH]ccc23)CC1. The highest BCUT2D eigenvalue weighted by atomic mass is 35.5. The van der Waals surface area contributed by atoms with Gasteiger partial charge in [-0.2, -0.15) is 0 Å². The molecule has 2 aromatic heterocycles. The van der Waals surface area contributed by atoms with E-state index >= 15 is 0 Å². The van der Waals surface area contributed by atoms with Crippen LogP contribution < -0.4 is 10.6 Å². The van der Waals surface area contributed by atoms with Crippen molar-refractivity contribution in [3.8, 4) is 0 Å². The van der Waals surface area contributed by atoms with Crippen LogP contribution in [0.5, 0.6) is 0 Å². The van der Waals surface area contributed by atoms with E-state index in [1.807, 2.05) is 24.4 Å². The van der Waals surface area contributed by atoms with Gasteiger partial charge in [-0.05, 0) is 36.6 Å². The molecule has 0 atom stereocenters. The first-order chi connectivity index (χ1) is 13.0. The quantitative estimate of drug-likeness (QED) is 0.678. The summed E-state index contributed by atoms with van der Waals surface area (Å²) in [6.07, 6.45) is 5.95. The van der Waals surface area contributed by atoms with Crippen molar-refractivity contribution in [3.63, 3.8) is 0 Å². The van der Waals surface area contributed by atoms with Gasteiger partial charge < -0.3 is 15.6 Å². The van der Waals surface area contributed by atoms with Crippen LogP contribution in [0.3, 0.4) is 0 Å². The molecule has 8 heteroatoms. The van der Waals surface area contributed by atoms with Gasteiger partial charge in [-0.15, -0.1) is 0 Å². The molecule has 4 rings (SSSR count). The van der Waals surface area contributed by atoms with Crippen LogP contribution in [0.15, 0.2) is 47.8 Å². The summed E-state index contributed by atoms with van der Waals surface area (Å²) in [5.41, 5.74) is 7.03. The largest absolute Gasteiger partial charge is 0.356 e. The van der Waals surface area contributed by atoms with Crippen LogP contribution >= 0.6 is 11.6 Å². The maximum atomic E-state index is 12.6. The van der Waals surface area contributed by atoms with Crippen LogP contribution in [-0.2, 0) is 4.79 Å². The standard InChI is InChI=1S/C19H19ClN6O/c20-14-3-1-13(2-4-14)11-23-18(27)19(21)6-9-26(10-7-19)17-15-5-8-22-16(15)24-12-25-17/h1-5,8,11-12H,6-7,9-10,21H2,(H,22,24,25). The second-order valence-electron chi connectivity index (χ2n) is 6.70. The van der Waals surface area contributed by atoms with E-state index in [9.17, 15) is 4.79 Å². The first-order valence-electron chi connectivity index (χ1n) is 8.71. The number of carbonyl (C=O) groups is 1. The summed E-state index contributed by atoms with van der Waals surface area (Å²) < 4.78 is 0. The summed E-state index contributed by atoms with van der Waals surface area (Å²) >= 11 is 5.86. The van der Waals surface area contributed by atoms with Gasteiger partial charge in [0, 0.05) is 30.5 Å². The monoisotopic (exact) mass is 382 g/mol. The van der Waals surface area contributed by atoms with Crippen LogP contribution in [0, 0.1) is 0 Å². The summed E-state index contributed by atoms with van der Waals surface area (Å²) in [5.74, 6) is 0.562. The lowest BCUT2D eigenvalue weighted by Crippen LogP contribution is -2.55. The summed E-state index contributed by atoms with van der Waals surface area (Å²) in [7, 11) is 0. The fraction of sp³-hybridized carbons (Fsp3) is 0.263. The van der Waals surface area contributed by atoms with Crippen molar-refractivity contribution in [1.29, 1.82) is 0 Å². The third-order valence-electron chi connectivity index (χ3n) is 4.91. The smallest absolute Gasteiger partial charge is 0.265 e. The number of carbonyl (C=O) groups excluding carboxylic acids is 1. The molecule has 7 nitrogen and oxygen atoms in total. The minimum absolute atomic E-state index is 0.299. The minimum Gasteiger partial charge on any atom is -0.356 e. The average molecular weight is 383 g/mol. The summed E-state index contributed by atoms with van der Waals surface area (Å²) in [5, 5.41) is 1.61. The van der Waals surface area contributed by atoms with Crippen molar-refractivity contribution in [1.82, 2.24) is 15.0 Å². The Bertz CT molecular complexity index is 989. The Morgan fingerprint density at radius 1 is 1.22 bits per heavy atom. The number of rotatable bonds is 3. The summed E-state index contributed by atoms with van der Waals surface area (Å²) in [4.78, 5) is 30.5. The molecule has 3 heterocycles. The number of aromatic nitrogens is 3. The van der Waals surface area contributed by atoms with Crippen molar-refractivity contribution < 1.29 is 4.79 Å². The van der Waals surface area contributed by atoms with Crippen molar-refractivity contribution >= 4 is 40.6 Å². The maximum absolute atomic E-state index is 12.6. The first kappa shape index (κ1) is 17.6. The van der Waals surface area contributed by atoms with Crippen molar-refractivity contribution in [3.05, 3.63) is 53.4 Å². The number of anilines is 1.